The summed E-state index contributed by atoms with van der Waals surface area (Å²) in [6.45, 7) is 0. The number of rotatable bonds is 5. The Bertz CT molecular complexity index is 1410. The Morgan fingerprint density at radius 1 is 0.906 bits per heavy atom. The van der Waals surface area contributed by atoms with Gasteiger partial charge in [-0.1, -0.05) is 36.4 Å². The highest BCUT2D eigenvalue weighted by atomic mass is 32.2. The molecule has 32 heavy (non-hydrogen) atoms. The molecule has 1 aliphatic heterocycles. The van der Waals surface area contributed by atoms with E-state index in [1.807, 2.05) is 48.7 Å². The first kappa shape index (κ1) is 20.7. The smallest absolute Gasteiger partial charge is 0.253 e. The summed E-state index contributed by atoms with van der Waals surface area (Å²) in [5, 5.41) is 4.62. The van der Waals surface area contributed by atoms with Crippen molar-refractivity contribution in [3.05, 3.63) is 96.3 Å². The van der Waals surface area contributed by atoms with Crippen molar-refractivity contribution in [2.45, 2.75) is 22.3 Å². The number of hydrogen-bond donors (Lipinski definition) is 0. The van der Waals surface area contributed by atoms with Crippen LogP contribution in [0, 0.1) is 0 Å². The van der Waals surface area contributed by atoms with Crippen LogP contribution in [0.1, 0.15) is 23.6 Å². The summed E-state index contributed by atoms with van der Waals surface area (Å²) < 4.78 is 28.3. The Balaban J connectivity index is 1.60. The Morgan fingerprint density at radius 3 is 2.34 bits per heavy atom. The van der Waals surface area contributed by atoms with E-state index in [9.17, 15) is 8.42 Å². The van der Waals surface area contributed by atoms with Crippen molar-refractivity contribution in [2.24, 2.45) is 5.10 Å². The molecule has 2 heterocycles. The van der Waals surface area contributed by atoms with Crippen LogP contribution in [0.4, 0.5) is 0 Å². The molecule has 0 aliphatic carbocycles. The van der Waals surface area contributed by atoms with Gasteiger partial charge in [-0.2, -0.15) is 17.9 Å². The molecule has 0 spiro atoms. The molecule has 160 valence electrons. The SMILES string of the molecule is CSc1ccc(C2=NN(S(=O)(=O)c3ccccc3)C(c3ccc4nccnc4c3)C2)cc1. The quantitative estimate of drug-likeness (QED) is 0.396. The molecular formula is C24H20N4O2S2. The second-order valence-electron chi connectivity index (χ2n) is 7.39. The predicted molar refractivity (Wildman–Crippen MR) is 127 cm³/mol. The van der Waals surface area contributed by atoms with Crippen LogP contribution in [-0.4, -0.2) is 34.8 Å². The highest BCUT2D eigenvalue weighted by Crippen LogP contribution is 2.38. The van der Waals surface area contributed by atoms with Crippen LogP contribution >= 0.6 is 11.8 Å². The van der Waals surface area contributed by atoms with Crippen LogP contribution in [0.5, 0.6) is 0 Å². The fourth-order valence-corrected chi connectivity index (χ4v) is 5.67. The maximum Gasteiger partial charge on any atom is 0.279 e. The minimum absolute atomic E-state index is 0.216. The van der Waals surface area contributed by atoms with Gasteiger partial charge in [0, 0.05) is 23.7 Å². The fourth-order valence-electron chi connectivity index (χ4n) is 3.80. The van der Waals surface area contributed by atoms with E-state index < -0.39 is 16.1 Å². The summed E-state index contributed by atoms with van der Waals surface area (Å²) in [7, 11) is -3.84. The summed E-state index contributed by atoms with van der Waals surface area (Å²) >= 11 is 1.66. The summed E-state index contributed by atoms with van der Waals surface area (Å²) in [5.74, 6) is 0. The fraction of sp³-hybridized carbons (Fsp3) is 0.125. The van der Waals surface area contributed by atoms with Gasteiger partial charge in [-0.15, -0.1) is 11.8 Å². The summed E-state index contributed by atoms with van der Waals surface area (Å²) in [5.41, 5.74) is 3.97. The number of hydrazone groups is 1. The maximum atomic E-state index is 13.5. The largest absolute Gasteiger partial charge is 0.279 e. The number of benzene rings is 3. The first-order chi connectivity index (χ1) is 15.6. The highest BCUT2D eigenvalue weighted by molar-refractivity contribution is 7.98. The molecule has 6 nitrogen and oxygen atoms in total. The molecule has 1 atom stereocenters. The highest BCUT2D eigenvalue weighted by Gasteiger charge is 2.37. The topological polar surface area (TPSA) is 75.5 Å². The van der Waals surface area contributed by atoms with Gasteiger partial charge < -0.3 is 0 Å². The molecule has 5 rings (SSSR count). The van der Waals surface area contributed by atoms with Crippen LogP contribution < -0.4 is 0 Å². The van der Waals surface area contributed by atoms with Crippen molar-refractivity contribution in [3.8, 4) is 0 Å². The lowest BCUT2D eigenvalue weighted by atomic mass is 9.99. The molecule has 1 aromatic heterocycles. The monoisotopic (exact) mass is 460 g/mol. The van der Waals surface area contributed by atoms with E-state index in [0.29, 0.717) is 6.42 Å². The van der Waals surface area contributed by atoms with E-state index in [4.69, 9.17) is 0 Å². The zero-order valence-electron chi connectivity index (χ0n) is 17.3. The molecule has 1 aliphatic rings. The van der Waals surface area contributed by atoms with Gasteiger partial charge in [0.05, 0.1) is 27.7 Å². The molecule has 0 amide bonds. The van der Waals surface area contributed by atoms with E-state index in [0.717, 1.165) is 32.8 Å². The third-order valence-corrected chi connectivity index (χ3v) is 7.90. The molecule has 3 aromatic carbocycles. The second kappa shape index (κ2) is 8.37. The number of sulfonamides is 1. The van der Waals surface area contributed by atoms with Crippen molar-refractivity contribution >= 4 is 38.5 Å². The van der Waals surface area contributed by atoms with Crippen molar-refractivity contribution < 1.29 is 8.42 Å². The van der Waals surface area contributed by atoms with Gasteiger partial charge in [0.1, 0.15) is 0 Å². The lowest BCUT2D eigenvalue weighted by molar-refractivity contribution is 0.371. The van der Waals surface area contributed by atoms with Gasteiger partial charge >= 0.3 is 0 Å². The second-order valence-corrected chi connectivity index (χ2v) is 10.1. The Morgan fingerprint density at radius 2 is 1.62 bits per heavy atom. The lowest BCUT2D eigenvalue weighted by Crippen LogP contribution is -2.27. The van der Waals surface area contributed by atoms with Gasteiger partial charge in [0.15, 0.2) is 0 Å². The van der Waals surface area contributed by atoms with Crippen LogP contribution in [0.15, 0.2) is 100 Å². The van der Waals surface area contributed by atoms with Crippen molar-refractivity contribution in [3.63, 3.8) is 0 Å². The number of nitrogens with zero attached hydrogens (tertiary/aromatic N) is 4. The molecule has 0 N–H and O–H groups in total. The molecule has 0 saturated heterocycles. The van der Waals surface area contributed by atoms with Crippen LogP contribution in [-0.2, 0) is 10.0 Å². The van der Waals surface area contributed by atoms with E-state index in [1.54, 1.807) is 54.5 Å². The van der Waals surface area contributed by atoms with Gasteiger partial charge in [-0.3, -0.25) is 9.97 Å². The van der Waals surface area contributed by atoms with E-state index in [-0.39, 0.29) is 4.90 Å². The van der Waals surface area contributed by atoms with E-state index in [1.165, 1.54) is 4.41 Å². The standard InChI is InChI=1S/C24H20N4O2S2/c1-31-19-10-7-17(8-11-19)22-16-24(18-9-12-21-23(15-18)26-14-13-25-21)28(27-22)32(29,30)20-5-3-2-4-6-20/h2-15,24H,16H2,1H3. The Labute approximate surface area is 191 Å². The summed E-state index contributed by atoms with van der Waals surface area (Å²) in [4.78, 5) is 10.1. The molecule has 8 heteroatoms. The average Bonchev–Trinajstić information content (AvgIpc) is 3.31. The zero-order chi connectivity index (χ0) is 22.1. The molecule has 0 fully saturated rings. The third-order valence-electron chi connectivity index (χ3n) is 5.46. The normalized spacial score (nSPS) is 16.3. The Hall–Kier alpha value is -3.23. The predicted octanol–water partition coefficient (Wildman–Crippen LogP) is 4.89. The summed E-state index contributed by atoms with van der Waals surface area (Å²) in [6, 6.07) is 21.7. The molecule has 4 aromatic rings. The van der Waals surface area contributed by atoms with Crippen LogP contribution in [0.3, 0.4) is 0 Å². The molecule has 1 unspecified atom stereocenters. The lowest BCUT2D eigenvalue weighted by Gasteiger charge is -2.23. The average molecular weight is 461 g/mol. The number of hydrogen-bond acceptors (Lipinski definition) is 6. The van der Waals surface area contributed by atoms with E-state index >= 15 is 0 Å². The van der Waals surface area contributed by atoms with E-state index in [2.05, 4.69) is 15.1 Å². The molecule has 0 bridgehead atoms. The first-order valence-electron chi connectivity index (χ1n) is 10.1. The minimum Gasteiger partial charge on any atom is -0.253 e. The van der Waals surface area contributed by atoms with Gasteiger partial charge in [0.25, 0.3) is 10.0 Å². The minimum atomic E-state index is -3.84. The molecular weight excluding hydrogens is 440 g/mol. The number of fused-ring (bicyclic) bond motifs is 1. The van der Waals surface area contributed by atoms with Crippen molar-refractivity contribution in [1.29, 1.82) is 0 Å². The van der Waals surface area contributed by atoms with Crippen LogP contribution in [0.25, 0.3) is 11.0 Å². The van der Waals surface area contributed by atoms with Crippen LogP contribution in [0.2, 0.25) is 0 Å². The van der Waals surface area contributed by atoms with Crippen molar-refractivity contribution in [1.82, 2.24) is 14.4 Å². The first-order valence-corrected chi connectivity index (χ1v) is 12.7. The van der Waals surface area contributed by atoms with Crippen molar-refractivity contribution in [2.75, 3.05) is 6.26 Å². The number of aromatic nitrogens is 2. The van der Waals surface area contributed by atoms with Gasteiger partial charge in [0.2, 0.25) is 0 Å². The third kappa shape index (κ3) is 3.76. The zero-order valence-corrected chi connectivity index (χ0v) is 18.9. The van der Waals surface area contributed by atoms with Gasteiger partial charge in [-0.05, 0) is 53.8 Å². The van der Waals surface area contributed by atoms with Gasteiger partial charge in [-0.25, -0.2) is 0 Å². The summed E-state index contributed by atoms with van der Waals surface area (Å²) in [6.07, 6.45) is 5.77. The maximum absolute atomic E-state index is 13.5. The number of thioether (sulfide) groups is 1. The molecule has 0 radical (unpaired) electrons. The molecule has 0 saturated carbocycles. The Kier molecular flexibility index (Phi) is 5.40.